The van der Waals surface area contributed by atoms with Crippen molar-refractivity contribution in [1.29, 1.82) is 0 Å². The van der Waals surface area contributed by atoms with E-state index < -0.39 is 0 Å². The molecule has 0 amide bonds. The van der Waals surface area contributed by atoms with Crippen LogP contribution in [0.4, 0.5) is 4.39 Å². The van der Waals surface area contributed by atoms with Gasteiger partial charge in [-0.15, -0.1) is 0 Å². The lowest BCUT2D eigenvalue weighted by atomic mass is 9.70. The molecule has 1 atom stereocenters. The average Bonchev–Trinajstić information content (AvgIpc) is 2.67. The average molecular weight is 395 g/mol. The zero-order valence-corrected chi connectivity index (χ0v) is 17.0. The Hall–Kier alpha value is -1.02. The lowest BCUT2D eigenvalue weighted by Crippen LogP contribution is -2.23. The van der Waals surface area contributed by atoms with Crippen LogP contribution in [0.15, 0.2) is 18.2 Å². The van der Waals surface area contributed by atoms with Gasteiger partial charge in [0.15, 0.2) is 5.82 Å². The number of hydrogen-bond acceptors (Lipinski definition) is 1. The fourth-order valence-corrected chi connectivity index (χ4v) is 5.15. The number of allylic oxidation sites excluding steroid dienone is 2. The van der Waals surface area contributed by atoms with Gasteiger partial charge in [0.05, 0.1) is 6.61 Å². The first-order valence-corrected chi connectivity index (χ1v) is 10.8. The molecule has 1 aromatic carbocycles. The van der Waals surface area contributed by atoms with E-state index in [1.54, 1.807) is 6.07 Å². The second-order valence-corrected chi connectivity index (χ2v) is 8.38. The Balaban J connectivity index is 0.00000261. The van der Waals surface area contributed by atoms with Crippen molar-refractivity contribution in [1.82, 2.24) is 0 Å². The van der Waals surface area contributed by atoms with Crippen molar-refractivity contribution in [3.63, 3.8) is 0 Å². The molecule has 1 nitrogen and oxygen atoms in total. The zero-order valence-electron chi connectivity index (χ0n) is 16.2. The predicted octanol–water partition coefficient (Wildman–Crippen LogP) is 8.30. The number of rotatable bonds is 6. The minimum Gasteiger partial charge on any atom is -0.492 e. The molecule has 27 heavy (non-hydrogen) atoms. The molecule has 0 aliphatic heterocycles. The molecule has 0 saturated heterocycles. The van der Waals surface area contributed by atoms with Crippen LogP contribution < -0.4 is 4.74 Å². The number of benzene rings is 1. The molecule has 3 heteroatoms. The Labute approximate surface area is 170 Å². The third kappa shape index (κ3) is 5.28. The lowest BCUT2D eigenvalue weighted by molar-refractivity contribution is 0.189. The van der Waals surface area contributed by atoms with Crippen molar-refractivity contribution < 1.29 is 9.13 Å². The third-order valence-corrected chi connectivity index (χ3v) is 6.75. The number of ether oxygens (including phenoxy) is 1. The van der Waals surface area contributed by atoms with E-state index in [9.17, 15) is 4.39 Å². The quantitative estimate of drug-likeness (QED) is 0.471. The molecule has 1 fully saturated rings. The fraction of sp³-hybridized carbons (Fsp3) is 0.667. The van der Waals surface area contributed by atoms with Crippen molar-refractivity contribution in [3.8, 4) is 5.75 Å². The molecule has 0 aromatic heterocycles. The molecule has 0 N–H and O–H groups in total. The van der Waals surface area contributed by atoms with Gasteiger partial charge in [0.1, 0.15) is 10.8 Å². The zero-order chi connectivity index (χ0) is 18.5. The summed E-state index contributed by atoms with van der Waals surface area (Å²) in [4.78, 5) is 0. The first-order chi connectivity index (χ1) is 12.6. The molecular formula is C24H36ClFO. The summed E-state index contributed by atoms with van der Waals surface area (Å²) in [7, 11) is 0. The maximum atomic E-state index is 14.7. The Morgan fingerprint density at radius 1 is 1.07 bits per heavy atom. The van der Waals surface area contributed by atoms with E-state index in [1.165, 1.54) is 44.9 Å². The van der Waals surface area contributed by atoms with E-state index in [1.807, 2.05) is 13.0 Å². The molecule has 1 saturated carbocycles. The SMILES string of the molecule is C.CCCC1CCC(C2CC=C(c3ccc(OCC)c(Cl)c3F)CC2)CC1. The summed E-state index contributed by atoms with van der Waals surface area (Å²) in [5.41, 5.74) is 1.77. The Morgan fingerprint density at radius 3 is 2.41 bits per heavy atom. The molecule has 2 aliphatic carbocycles. The largest absolute Gasteiger partial charge is 0.492 e. The highest BCUT2D eigenvalue weighted by molar-refractivity contribution is 6.32. The van der Waals surface area contributed by atoms with Crippen LogP contribution in [-0.2, 0) is 0 Å². The highest BCUT2D eigenvalue weighted by Gasteiger charge is 2.29. The van der Waals surface area contributed by atoms with Gasteiger partial charge in [-0.1, -0.05) is 57.7 Å². The van der Waals surface area contributed by atoms with Crippen LogP contribution in [0.2, 0.25) is 5.02 Å². The van der Waals surface area contributed by atoms with Crippen molar-refractivity contribution in [2.24, 2.45) is 17.8 Å². The van der Waals surface area contributed by atoms with Crippen molar-refractivity contribution >= 4 is 17.2 Å². The molecule has 1 unspecified atom stereocenters. The van der Waals surface area contributed by atoms with Gasteiger partial charge >= 0.3 is 0 Å². The van der Waals surface area contributed by atoms with Gasteiger partial charge in [0.25, 0.3) is 0 Å². The smallest absolute Gasteiger partial charge is 0.153 e. The minimum absolute atomic E-state index is 0. The van der Waals surface area contributed by atoms with Gasteiger partial charge in [-0.2, -0.15) is 0 Å². The molecule has 0 heterocycles. The Bertz CT molecular complexity index is 632. The molecule has 0 radical (unpaired) electrons. The van der Waals surface area contributed by atoms with Gasteiger partial charge < -0.3 is 4.74 Å². The second kappa shape index (κ2) is 10.5. The van der Waals surface area contributed by atoms with Crippen molar-refractivity contribution in [2.45, 2.75) is 79.1 Å². The highest BCUT2D eigenvalue weighted by Crippen LogP contribution is 2.43. The number of halogens is 2. The topological polar surface area (TPSA) is 9.23 Å². The van der Waals surface area contributed by atoms with E-state index in [0.717, 1.165) is 36.2 Å². The molecule has 0 bridgehead atoms. The summed E-state index contributed by atoms with van der Waals surface area (Å²) >= 11 is 6.16. The Kier molecular flexibility index (Phi) is 8.66. The molecule has 1 aromatic rings. The van der Waals surface area contributed by atoms with Gasteiger partial charge in [-0.3, -0.25) is 0 Å². The van der Waals surface area contributed by atoms with Crippen LogP contribution in [0.1, 0.15) is 84.6 Å². The molecule has 152 valence electrons. The molecule has 0 spiro atoms. The van der Waals surface area contributed by atoms with Crippen molar-refractivity contribution in [2.75, 3.05) is 6.61 Å². The van der Waals surface area contributed by atoms with Gasteiger partial charge in [0.2, 0.25) is 0 Å². The molecular weight excluding hydrogens is 359 g/mol. The molecule has 3 rings (SSSR count). The normalized spacial score (nSPS) is 25.5. The monoisotopic (exact) mass is 394 g/mol. The molecule has 2 aliphatic rings. The summed E-state index contributed by atoms with van der Waals surface area (Å²) in [6, 6.07) is 3.63. The van der Waals surface area contributed by atoms with E-state index in [2.05, 4.69) is 13.0 Å². The predicted molar refractivity (Wildman–Crippen MR) is 115 cm³/mol. The van der Waals surface area contributed by atoms with E-state index in [0.29, 0.717) is 17.9 Å². The van der Waals surface area contributed by atoms with Crippen molar-refractivity contribution in [3.05, 3.63) is 34.6 Å². The van der Waals surface area contributed by atoms with E-state index in [-0.39, 0.29) is 18.3 Å². The summed E-state index contributed by atoms with van der Waals surface area (Å²) in [6.07, 6.45) is 13.8. The van der Waals surface area contributed by atoms with Crippen LogP contribution in [0.25, 0.3) is 5.57 Å². The first kappa shape index (κ1) is 22.3. The lowest BCUT2D eigenvalue weighted by Gasteiger charge is -2.35. The maximum Gasteiger partial charge on any atom is 0.153 e. The van der Waals surface area contributed by atoms with Crippen LogP contribution in [0.5, 0.6) is 5.75 Å². The van der Waals surface area contributed by atoms with Crippen LogP contribution in [0, 0.1) is 23.6 Å². The van der Waals surface area contributed by atoms with E-state index in [4.69, 9.17) is 16.3 Å². The van der Waals surface area contributed by atoms with Crippen LogP contribution in [0.3, 0.4) is 0 Å². The minimum atomic E-state index is -0.331. The fourth-order valence-electron chi connectivity index (χ4n) is 4.93. The first-order valence-electron chi connectivity index (χ1n) is 10.4. The second-order valence-electron chi connectivity index (χ2n) is 8.01. The highest BCUT2D eigenvalue weighted by atomic mass is 35.5. The summed E-state index contributed by atoms with van der Waals surface area (Å²) in [5, 5.41) is 0.113. The summed E-state index contributed by atoms with van der Waals surface area (Å²) in [6.45, 7) is 4.66. The van der Waals surface area contributed by atoms with Crippen LogP contribution in [-0.4, -0.2) is 6.61 Å². The number of hydrogen-bond donors (Lipinski definition) is 0. The van der Waals surface area contributed by atoms with Gasteiger partial charge in [-0.05, 0) is 74.5 Å². The standard InChI is InChI=1S/C23H32ClFO.CH4/c1-3-5-16-6-8-17(9-7-16)18-10-12-19(13-11-18)20-14-15-21(26-4-2)22(24)23(20)25;/h12,14-18H,3-11,13H2,1-2H3;1H4. The van der Waals surface area contributed by atoms with E-state index >= 15 is 0 Å². The maximum absolute atomic E-state index is 14.7. The third-order valence-electron chi connectivity index (χ3n) is 6.40. The summed E-state index contributed by atoms with van der Waals surface area (Å²) in [5.74, 6) is 2.72. The van der Waals surface area contributed by atoms with Gasteiger partial charge in [0, 0.05) is 5.56 Å². The van der Waals surface area contributed by atoms with Crippen LogP contribution >= 0.6 is 11.6 Å². The van der Waals surface area contributed by atoms with Gasteiger partial charge in [-0.25, -0.2) is 4.39 Å². The summed E-state index contributed by atoms with van der Waals surface area (Å²) < 4.78 is 20.1. The Morgan fingerprint density at radius 2 is 1.81 bits per heavy atom.